The van der Waals surface area contributed by atoms with Crippen molar-refractivity contribution in [3.8, 4) is 0 Å². The highest BCUT2D eigenvalue weighted by molar-refractivity contribution is 4.84. The van der Waals surface area contributed by atoms with Crippen LogP contribution in [0, 0.1) is 6.92 Å². The highest BCUT2D eigenvalue weighted by Crippen LogP contribution is 2.12. The van der Waals surface area contributed by atoms with Crippen LogP contribution in [0.25, 0.3) is 0 Å². The number of aryl methyl sites for hydroxylation is 1. The number of aromatic nitrogens is 2. The van der Waals surface area contributed by atoms with Gasteiger partial charge >= 0.3 is 0 Å². The van der Waals surface area contributed by atoms with E-state index in [4.69, 9.17) is 10.2 Å². The molecule has 0 saturated carbocycles. The lowest BCUT2D eigenvalue weighted by atomic mass is 10.2. The topological polar surface area (TPSA) is 85.2 Å². The summed E-state index contributed by atoms with van der Waals surface area (Å²) in [5.41, 5.74) is 5.22. The molecular weight excluding hydrogens is 146 g/mol. The largest absolute Gasteiger partial charge is 0.423 e. The summed E-state index contributed by atoms with van der Waals surface area (Å²) in [6.45, 7) is 2.08. The molecule has 1 unspecified atom stereocenters. The summed E-state index contributed by atoms with van der Waals surface area (Å²) in [4.78, 5) is 0. The average Bonchev–Trinajstić information content (AvgIpc) is 2.36. The molecule has 0 aromatic carbocycles. The highest BCUT2D eigenvalue weighted by Gasteiger charge is 2.12. The van der Waals surface area contributed by atoms with Gasteiger partial charge in [-0.15, -0.1) is 10.2 Å². The SMILES string of the molecule is Cc1nnc(C(O)CCN)o1. The molecule has 1 aromatic heterocycles. The predicted molar refractivity (Wildman–Crippen MR) is 37.7 cm³/mol. The van der Waals surface area contributed by atoms with Gasteiger partial charge in [-0.1, -0.05) is 0 Å². The van der Waals surface area contributed by atoms with Crippen LogP contribution in [0.4, 0.5) is 0 Å². The zero-order valence-electron chi connectivity index (χ0n) is 6.32. The van der Waals surface area contributed by atoms with Gasteiger partial charge in [0.1, 0.15) is 6.10 Å². The van der Waals surface area contributed by atoms with Crippen molar-refractivity contribution in [2.24, 2.45) is 5.73 Å². The van der Waals surface area contributed by atoms with Crippen LogP contribution < -0.4 is 5.73 Å². The van der Waals surface area contributed by atoms with E-state index in [1.807, 2.05) is 0 Å². The standard InChI is InChI=1S/C6H11N3O2/c1-4-8-9-6(11-4)5(10)2-3-7/h5,10H,2-3,7H2,1H3. The number of hydrogen-bond donors (Lipinski definition) is 2. The van der Waals surface area contributed by atoms with Crippen LogP contribution in [0.5, 0.6) is 0 Å². The number of aliphatic hydroxyl groups excluding tert-OH is 1. The lowest BCUT2D eigenvalue weighted by Crippen LogP contribution is -2.06. The fourth-order valence-electron chi connectivity index (χ4n) is 0.728. The number of nitrogens with zero attached hydrogens (tertiary/aromatic N) is 2. The second kappa shape index (κ2) is 3.45. The van der Waals surface area contributed by atoms with E-state index < -0.39 is 6.10 Å². The maximum Gasteiger partial charge on any atom is 0.244 e. The van der Waals surface area contributed by atoms with Crippen LogP contribution >= 0.6 is 0 Å². The van der Waals surface area contributed by atoms with Gasteiger partial charge in [0, 0.05) is 6.92 Å². The summed E-state index contributed by atoms with van der Waals surface area (Å²) in [6.07, 6.45) is -0.275. The first-order chi connectivity index (χ1) is 5.24. The molecule has 0 amide bonds. The van der Waals surface area contributed by atoms with Crippen molar-refractivity contribution in [1.82, 2.24) is 10.2 Å². The van der Waals surface area contributed by atoms with Crippen molar-refractivity contribution in [1.29, 1.82) is 0 Å². The van der Waals surface area contributed by atoms with E-state index in [1.165, 1.54) is 0 Å². The molecule has 11 heavy (non-hydrogen) atoms. The van der Waals surface area contributed by atoms with E-state index in [9.17, 15) is 5.11 Å². The first-order valence-corrected chi connectivity index (χ1v) is 3.42. The van der Waals surface area contributed by atoms with Crippen molar-refractivity contribution < 1.29 is 9.52 Å². The van der Waals surface area contributed by atoms with Crippen LogP contribution in [0.15, 0.2) is 4.42 Å². The lowest BCUT2D eigenvalue weighted by molar-refractivity contribution is 0.135. The molecule has 3 N–H and O–H groups in total. The molecule has 5 heteroatoms. The Morgan fingerprint density at radius 1 is 1.64 bits per heavy atom. The molecule has 1 heterocycles. The molecule has 1 aromatic rings. The maximum absolute atomic E-state index is 9.26. The maximum atomic E-state index is 9.26. The molecule has 0 saturated heterocycles. The van der Waals surface area contributed by atoms with Crippen molar-refractivity contribution in [3.05, 3.63) is 11.8 Å². The summed E-state index contributed by atoms with van der Waals surface area (Å²) >= 11 is 0. The molecule has 0 radical (unpaired) electrons. The van der Waals surface area contributed by atoms with Gasteiger partial charge in [-0.25, -0.2) is 0 Å². The molecule has 62 valence electrons. The Kier molecular flexibility index (Phi) is 2.56. The monoisotopic (exact) mass is 157 g/mol. The summed E-state index contributed by atoms with van der Waals surface area (Å²) in [7, 11) is 0. The molecule has 0 fully saturated rings. The van der Waals surface area contributed by atoms with Gasteiger partial charge in [0.05, 0.1) is 0 Å². The number of nitrogens with two attached hydrogens (primary N) is 1. The Hall–Kier alpha value is -0.940. The zero-order chi connectivity index (χ0) is 8.27. The van der Waals surface area contributed by atoms with Gasteiger partial charge < -0.3 is 15.3 Å². The summed E-state index contributed by atoms with van der Waals surface area (Å²) < 4.78 is 4.97. The minimum atomic E-state index is -0.721. The fraction of sp³-hybridized carbons (Fsp3) is 0.667. The van der Waals surface area contributed by atoms with Crippen LogP contribution in [0.2, 0.25) is 0 Å². The van der Waals surface area contributed by atoms with Crippen LogP contribution in [0.3, 0.4) is 0 Å². The molecule has 0 aliphatic carbocycles. The first kappa shape index (κ1) is 8.16. The molecule has 1 atom stereocenters. The molecule has 0 bridgehead atoms. The molecule has 0 aliphatic rings. The number of rotatable bonds is 3. The predicted octanol–water partition coefficient (Wildman–Crippen LogP) is -0.240. The van der Waals surface area contributed by atoms with Crippen molar-refractivity contribution >= 4 is 0 Å². The van der Waals surface area contributed by atoms with E-state index >= 15 is 0 Å². The van der Waals surface area contributed by atoms with Crippen molar-refractivity contribution in [3.63, 3.8) is 0 Å². The Labute approximate surface area is 64.2 Å². The smallest absolute Gasteiger partial charge is 0.244 e. The Morgan fingerprint density at radius 2 is 2.36 bits per heavy atom. The number of hydrogen-bond acceptors (Lipinski definition) is 5. The summed E-state index contributed by atoms with van der Waals surface area (Å²) in [5, 5.41) is 16.5. The quantitative estimate of drug-likeness (QED) is 0.632. The second-order valence-corrected chi connectivity index (χ2v) is 2.25. The normalized spacial score (nSPS) is 13.4. The molecular formula is C6H11N3O2. The average molecular weight is 157 g/mol. The zero-order valence-corrected chi connectivity index (χ0v) is 6.32. The third kappa shape index (κ3) is 1.99. The molecule has 0 aliphatic heterocycles. The molecule has 1 rings (SSSR count). The van der Waals surface area contributed by atoms with Gasteiger partial charge in [-0.05, 0) is 13.0 Å². The second-order valence-electron chi connectivity index (χ2n) is 2.25. The highest BCUT2D eigenvalue weighted by atomic mass is 16.4. The van der Waals surface area contributed by atoms with Gasteiger partial charge in [-0.2, -0.15) is 0 Å². The lowest BCUT2D eigenvalue weighted by Gasteiger charge is -2.01. The van der Waals surface area contributed by atoms with E-state index in [0.717, 1.165) is 0 Å². The molecule has 0 spiro atoms. The summed E-state index contributed by atoms with van der Waals surface area (Å²) in [6, 6.07) is 0. The Bertz CT molecular complexity index is 223. The van der Waals surface area contributed by atoms with Crippen molar-refractivity contribution in [2.75, 3.05) is 6.54 Å². The van der Waals surface area contributed by atoms with Crippen LogP contribution in [0.1, 0.15) is 24.3 Å². The van der Waals surface area contributed by atoms with Gasteiger partial charge in [-0.3, -0.25) is 0 Å². The van der Waals surface area contributed by atoms with Gasteiger partial charge in [0.2, 0.25) is 11.8 Å². The van der Waals surface area contributed by atoms with Crippen molar-refractivity contribution in [2.45, 2.75) is 19.4 Å². The van der Waals surface area contributed by atoms with Crippen LogP contribution in [-0.2, 0) is 0 Å². The Morgan fingerprint density at radius 3 is 2.82 bits per heavy atom. The summed E-state index contributed by atoms with van der Waals surface area (Å²) in [5.74, 6) is 0.698. The van der Waals surface area contributed by atoms with E-state index in [2.05, 4.69) is 10.2 Å². The van der Waals surface area contributed by atoms with Gasteiger partial charge in [0.25, 0.3) is 0 Å². The van der Waals surface area contributed by atoms with E-state index in [-0.39, 0.29) is 5.89 Å². The minimum Gasteiger partial charge on any atom is -0.423 e. The third-order valence-corrected chi connectivity index (χ3v) is 1.27. The van der Waals surface area contributed by atoms with Crippen LogP contribution in [-0.4, -0.2) is 21.8 Å². The fourth-order valence-corrected chi connectivity index (χ4v) is 0.728. The first-order valence-electron chi connectivity index (χ1n) is 3.42. The number of aliphatic hydroxyl groups is 1. The van der Waals surface area contributed by atoms with E-state index in [1.54, 1.807) is 6.92 Å². The minimum absolute atomic E-state index is 0.243. The molecule has 5 nitrogen and oxygen atoms in total. The third-order valence-electron chi connectivity index (χ3n) is 1.27. The van der Waals surface area contributed by atoms with E-state index in [0.29, 0.717) is 18.9 Å². The Balaban J connectivity index is 2.60. The van der Waals surface area contributed by atoms with Gasteiger partial charge in [0.15, 0.2) is 0 Å².